The van der Waals surface area contributed by atoms with Crippen LogP contribution in [0.5, 0.6) is 0 Å². The van der Waals surface area contributed by atoms with Crippen LogP contribution in [0.4, 0.5) is 0 Å². The van der Waals surface area contributed by atoms with E-state index in [2.05, 4.69) is 20.4 Å². The van der Waals surface area contributed by atoms with Crippen LogP contribution in [0, 0.1) is 40.9 Å². The van der Waals surface area contributed by atoms with E-state index in [0.29, 0.717) is 23.5 Å². The Morgan fingerprint density at radius 2 is 1.91 bits per heavy atom. The quantitative estimate of drug-likeness (QED) is 0.729. The van der Waals surface area contributed by atoms with Crippen LogP contribution in [-0.4, -0.2) is 17.0 Å². The SMILES string of the molecule is C=C1C(=O)C2CC[C@@H]3[C@H](CC[C@]4(C)[C@@H](O)CC[C@@H]34)[C@H]2CC1CC. The molecule has 2 unspecified atom stereocenters. The molecule has 0 saturated heterocycles. The second-order valence-electron chi connectivity index (χ2n) is 9.15. The van der Waals surface area contributed by atoms with E-state index in [1.807, 2.05) is 0 Å². The fourth-order valence-corrected chi connectivity index (χ4v) is 7.11. The summed E-state index contributed by atoms with van der Waals surface area (Å²) >= 11 is 0. The molecule has 1 N–H and O–H groups in total. The molecule has 0 heterocycles. The van der Waals surface area contributed by atoms with Crippen molar-refractivity contribution in [2.45, 2.75) is 71.3 Å². The lowest BCUT2D eigenvalue weighted by Gasteiger charge is -2.55. The van der Waals surface area contributed by atoms with E-state index in [9.17, 15) is 9.90 Å². The van der Waals surface area contributed by atoms with Gasteiger partial charge in [-0.2, -0.15) is 0 Å². The normalized spacial score (nSPS) is 52.7. The molecule has 4 aliphatic carbocycles. The van der Waals surface area contributed by atoms with Gasteiger partial charge in [0.2, 0.25) is 0 Å². The highest BCUT2D eigenvalue weighted by atomic mass is 16.3. The van der Waals surface area contributed by atoms with Gasteiger partial charge in [-0.05, 0) is 91.9 Å². The molecule has 4 aliphatic rings. The van der Waals surface area contributed by atoms with Gasteiger partial charge in [-0.3, -0.25) is 4.79 Å². The molecule has 0 aliphatic heterocycles. The van der Waals surface area contributed by atoms with Gasteiger partial charge in [0.25, 0.3) is 0 Å². The third-order valence-electron chi connectivity index (χ3n) is 8.52. The van der Waals surface area contributed by atoms with Crippen molar-refractivity contribution in [3.05, 3.63) is 12.2 Å². The number of fused-ring (bicyclic) bond motifs is 5. The summed E-state index contributed by atoms with van der Waals surface area (Å²) in [5.41, 5.74) is 1.07. The molecule has 0 bridgehead atoms. The van der Waals surface area contributed by atoms with Crippen LogP contribution in [0.25, 0.3) is 0 Å². The maximum Gasteiger partial charge on any atom is 0.161 e. The molecule has 23 heavy (non-hydrogen) atoms. The first kappa shape index (κ1) is 15.9. The van der Waals surface area contributed by atoms with Crippen molar-refractivity contribution in [3.8, 4) is 0 Å². The summed E-state index contributed by atoms with van der Waals surface area (Å²) in [6, 6.07) is 0. The minimum atomic E-state index is -0.0951. The number of carbonyl (C=O) groups excluding carboxylic acids is 1. The topological polar surface area (TPSA) is 37.3 Å². The first-order valence-corrected chi connectivity index (χ1v) is 9.88. The summed E-state index contributed by atoms with van der Waals surface area (Å²) in [7, 11) is 0. The molecule has 0 spiro atoms. The average molecular weight is 316 g/mol. The molecule has 2 nitrogen and oxygen atoms in total. The Bertz CT molecular complexity index is 524. The number of hydrogen-bond donors (Lipinski definition) is 1. The van der Waals surface area contributed by atoms with E-state index in [4.69, 9.17) is 0 Å². The smallest absolute Gasteiger partial charge is 0.161 e. The van der Waals surface area contributed by atoms with Crippen LogP contribution in [0.1, 0.15) is 65.2 Å². The largest absolute Gasteiger partial charge is 0.393 e. The van der Waals surface area contributed by atoms with Crippen molar-refractivity contribution in [1.82, 2.24) is 0 Å². The molecule has 4 fully saturated rings. The van der Waals surface area contributed by atoms with Gasteiger partial charge >= 0.3 is 0 Å². The van der Waals surface area contributed by atoms with Gasteiger partial charge in [0, 0.05) is 5.92 Å². The lowest BCUT2D eigenvalue weighted by Crippen LogP contribution is -2.51. The van der Waals surface area contributed by atoms with Crippen molar-refractivity contribution in [3.63, 3.8) is 0 Å². The Hall–Kier alpha value is -0.630. The predicted octanol–water partition coefficient (Wildman–Crippen LogP) is 4.37. The zero-order valence-electron chi connectivity index (χ0n) is 14.8. The number of aliphatic hydroxyl groups is 1. The maximum absolute atomic E-state index is 12.8. The predicted molar refractivity (Wildman–Crippen MR) is 91.8 cm³/mol. The first-order valence-electron chi connectivity index (χ1n) is 9.88. The summed E-state index contributed by atoms with van der Waals surface area (Å²) in [5.74, 6) is 3.85. The highest BCUT2D eigenvalue weighted by Gasteiger charge is 2.58. The van der Waals surface area contributed by atoms with E-state index >= 15 is 0 Å². The number of hydrogen-bond acceptors (Lipinski definition) is 2. The van der Waals surface area contributed by atoms with Crippen molar-refractivity contribution in [2.75, 3.05) is 0 Å². The zero-order chi connectivity index (χ0) is 16.4. The average Bonchev–Trinajstić information content (AvgIpc) is 2.86. The number of carbonyl (C=O) groups is 1. The zero-order valence-corrected chi connectivity index (χ0v) is 14.8. The van der Waals surface area contributed by atoms with Crippen LogP contribution >= 0.6 is 0 Å². The molecule has 4 saturated carbocycles. The Morgan fingerprint density at radius 1 is 1.13 bits per heavy atom. The van der Waals surface area contributed by atoms with E-state index in [-0.39, 0.29) is 17.4 Å². The van der Waals surface area contributed by atoms with Gasteiger partial charge < -0.3 is 5.11 Å². The minimum absolute atomic E-state index is 0.0951. The van der Waals surface area contributed by atoms with E-state index < -0.39 is 0 Å². The second kappa shape index (κ2) is 5.44. The third kappa shape index (κ3) is 2.13. The van der Waals surface area contributed by atoms with Crippen molar-refractivity contribution < 1.29 is 9.90 Å². The molecular formula is C21H32O2. The summed E-state index contributed by atoms with van der Waals surface area (Å²) in [4.78, 5) is 12.8. The number of rotatable bonds is 1. The van der Waals surface area contributed by atoms with Gasteiger partial charge in [-0.25, -0.2) is 0 Å². The Morgan fingerprint density at radius 3 is 2.65 bits per heavy atom. The van der Waals surface area contributed by atoms with Gasteiger partial charge in [-0.15, -0.1) is 0 Å². The summed E-state index contributed by atoms with van der Waals surface area (Å²) in [6.45, 7) is 8.67. The monoisotopic (exact) mass is 316 g/mol. The van der Waals surface area contributed by atoms with Crippen LogP contribution in [0.3, 0.4) is 0 Å². The molecule has 8 atom stereocenters. The summed E-state index contributed by atoms with van der Waals surface area (Å²) in [5, 5.41) is 10.5. The molecule has 4 rings (SSSR count). The second-order valence-corrected chi connectivity index (χ2v) is 9.15. The lowest BCUT2D eigenvalue weighted by molar-refractivity contribution is -0.133. The third-order valence-corrected chi connectivity index (χ3v) is 8.52. The number of Topliss-reactive ketones (excluding diaryl/α,β-unsaturated/α-hetero) is 1. The fraction of sp³-hybridized carbons (Fsp3) is 0.857. The molecule has 2 heteroatoms. The van der Waals surface area contributed by atoms with E-state index in [1.54, 1.807) is 0 Å². The number of allylic oxidation sites excluding steroid dienone is 1. The number of aliphatic hydroxyl groups excluding tert-OH is 1. The fourth-order valence-electron chi connectivity index (χ4n) is 7.11. The minimum Gasteiger partial charge on any atom is -0.393 e. The van der Waals surface area contributed by atoms with Crippen molar-refractivity contribution in [1.29, 1.82) is 0 Å². The molecule has 128 valence electrons. The molecular weight excluding hydrogens is 284 g/mol. The van der Waals surface area contributed by atoms with Gasteiger partial charge in [0.05, 0.1) is 6.10 Å². The van der Waals surface area contributed by atoms with Crippen LogP contribution in [0.2, 0.25) is 0 Å². The lowest BCUT2D eigenvalue weighted by atomic mass is 9.49. The Labute approximate surface area is 140 Å². The molecule has 0 aromatic rings. The first-order chi connectivity index (χ1) is 11.0. The van der Waals surface area contributed by atoms with E-state index in [0.717, 1.165) is 43.1 Å². The standard InChI is InChI=1S/C21H32O2/c1-4-13-11-17-14-9-10-21(3)18(7-8-19(21)22)15(14)5-6-16(17)20(23)12(13)2/h13-19,22H,2,4-11H2,1,3H3/t13?,14-,15+,16?,17+,18-,19-,21-/m0/s1. The van der Waals surface area contributed by atoms with Gasteiger partial charge in [0.15, 0.2) is 5.78 Å². The molecule has 0 radical (unpaired) electrons. The van der Waals surface area contributed by atoms with Crippen LogP contribution in [0.15, 0.2) is 12.2 Å². The van der Waals surface area contributed by atoms with E-state index in [1.165, 1.54) is 25.7 Å². The van der Waals surface area contributed by atoms with Crippen molar-refractivity contribution in [2.24, 2.45) is 40.9 Å². The highest BCUT2D eigenvalue weighted by molar-refractivity contribution is 5.98. The summed E-state index contributed by atoms with van der Waals surface area (Å²) in [6.07, 6.45) is 9.02. The Kier molecular flexibility index (Phi) is 3.75. The highest BCUT2D eigenvalue weighted by Crippen LogP contribution is 2.62. The maximum atomic E-state index is 12.8. The van der Waals surface area contributed by atoms with Crippen LogP contribution in [-0.2, 0) is 4.79 Å². The van der Waals surface area contributed by atoms with Crippen molar-refractivity contribution >= 4 is 5.78 Å². The molecule has 0 aromatic carbocycles. The molecule has 0 amide bonds. The summed E-state index contributed by atoms with van der Waals surface area (Å²) < 4.78 is 0. The van der Waals surface area contributed by atoms with Gasteiger partial charge in [-0.1, -0.05) is 20.4 Å². The molecule has 0 aromatic heterocycles. The number of ketones is 1. The van der Waals surface area contributed by atoms with Gasteiger partial charge in [0.1, 0.15) is 0 Å². The van der Waals surface area contributed by atoms with Crippen LogP contribution < -0.4 is 0 Å². The Balaban J connectivity index is 1.61.